The van der Waals surface area contributed by atoms with Crippen molar-refractivity contribution in [2.45, 2.75) is 13.0 Å². The third kappa shape index (κ3) is 5.04. The molecule has 1 atom stereocenters. The first-order valence-electron chi connectivity index (χ1n) is 11.4. The van der Waals surface area contributed by atoms with E-state index < -0.39 is 42.1 Å². The van der Waals surface area contributed by atoms with E-state index in [0.717, 1.165) is 11.0 Å². The largest absolute Gasteiger partial charge is 0.465 e. The maximum absolute atomic E-state index is 15.2. The molecule has 4 aromatic rings. The van der Waals surface area contributed by atoms with E-state index in [2.05, 4.69) is 14.7 Å². The molecule has 2 aromatic heterocycles. The molecule has 38 heavy (non-hydrogen) atoms. The third-order valence-corrected chi connectivity index (χ3v) is 6.47. The van der Waals surface area contributed by atoms with Gasteiger partial charge in [-0.3, -0.25) is 24.1 Å². The number of hydrogen-bond acceptors (Lipinski definition) is 8. The van der Waals surface area contributed by atoms with Crippen LogP contribution in [0.25, 0.3) is 10.9 Å². The molecule has 0 aliphatic heterocycles. The number of amides is 3. The molecule has 2 heterocycles. The number of fused-ring (bicyclic) bond motifs is 1. The molecule has 0 radical (unpaired) electrons. The molecule has 11 nitrogen and oxygen atoms in total. The molecule has 0 saturated heterocycles. The number of primary amides is 1. The van der Waals surface area contributed by atoms with Crippen LogP contribution in [0.4, 0.5) is 15.8 Å². The molecule has 0 saturated carbocycles. The van der Waals surface area contributed by atoms with E-state index in [-0.39, 0.29) is 28.6 Å². The Labute approximate surface area is 219 Å². The number of rotatable bonds is 9. The Bertz CT molecular complexity index is 1530. The van der Waals surface area contributed by atoms with Crippen molar-refractivity contribution in [3.8, 4) is 0 Å². The number of nitrogens with two attached hydrogens (primary N) is 2. The lowest BCUT2D eigenvalue weighted by Gasteiger charge is -2.31. The van der Waals surface area contributed by atoms with Crippen molar-refractivity contribution in [3.63, 3.8) is 0 Å². The number of carbonyl (C=O) groups excluding carboxylic acids is 4. The number of anilines is 2. The number of nitrogens with zero attached hydrogens (tertiary/aromatic N) is 2. The number of hydrogen-bond donors (Lipinski definition) is 4. The molecule has 13 heteroatoms. The Balaban J connectivity index is 1.90. The van der Waals surface area contributed by atoms with Gasteiger partial charge in [-0.05, 0) is 36.7 Å². The highest BCUT2D eigenvalue weighted by Gasteiger charge is 2.38. The summed E-state index contributed by atoms with van der Waals surface area (Å²) in [7, 11) is 0. The normalized spacial score (nSPS) is 11.6. The van der Waals surface area contributed by atoms with Crippen molar-refractivity contribution < 1.29 is 28.3 Å². The summed E-state index contributed by atoms with van der Waals surface area (Å²) in [6.07, 6.45) is 1.52. The molecule has 196 valence electrons. The number of H-pyrrole nitrogens is 1. The van der Waals surface area contributed by atoms with Crippen LogP contribution in [0.2, 0.25) is 0 Å². The molecule has 0 bridgehead atoms. The lowest BCUT2D eigenvalue weighted by molar-refractivity contribution is -0.143. The van der Waals surface area contributed by atoms with Crippen molar-refractivity contribution in [2.24, 2.45) is 5.73 Å². The van der Waals surface area contributed by atoms with Gasteiger partial charge in [-0.15, -0.1) is 0 Å². The number of ether oxygens (including phenoxy) is 1. The summed E-state index contributed by atoms with van der Waals surface area (Å²) in [5.41, 5.74) is 11.4. The molecule has 3 amide bonds. The highest BCUT2D eigenvalue weighted by molar-refractivity contribution is 7.09. The quantitative estimate of drug-likeness (QED) is 0.237. The van der Waals surface area contributed by atoms with Crippen LogP contribution in [0, 0.1) is 5.82 Å². The van der Waals surface area contributed by atoms with Gasteiger partial charge in [0.25, 0.3) is 11.8 Å². The zero-order chi connectivity index (χ0) is 27.4. The van der Waals surface area contributed by atoms with Crippen LogP contribution < -0.4 is 21.7 Å². The summed E-state index contributed by atoms with van der Waals surface area (Å²) < 4.78 is 24.0. The number of aromatic amines is 1. The third-order valence-electron chi connectivity index (χ3n) is 5.62. The van der Waals surface area contributed by atoms with E-state index in [0.29, 0.717) is 28.0 Å². The fourth-order valence-electron chi connectivity index (χ4n) is 3.94. The second kappa shape index (κ2) is 11.1. The first-order chi connectivity index (χ1) is 18.2. The van der Waals surface area contributed by atoms with Gasteiger partial charge < -0.3 is 26.5 Å². The first kappa shape index (κ1) is 26.3. The van der Waals surface area contributed by atoms with E-state index in [1.165, 1.54) is 24.4 Å². The van der Waals surface area contributed by atoms with Gasteiger partial charge >= 0.3 is 5.97 Å². The number of halogens is 1. The lowest BCUT2D eigenvalue weighted by Crippen LogP contribution is -2.45. The van der Waals surface area contributed by atoms with Crippen LogP contribution in [-0.4, -0.2) is 46.2 Å². The zero-order valence-electron chi connectivity index (χ0n) is 20.1. The number of esters is 1. The Kier molecular flexibility index (Phi) is 7.67. The number of nitrogens with one attached hydrogen (secondary N) is 2. The minimum absolute atomic E-state index is 0.104. The first-order valence-corrected chi connectivity index (χ1v) is 12.1. The molecular weight excluding hydrogens is 515 g/mol. The minimum Gasteiger partial charge on any atom is -0.465 e. The highest BCUT2D eigenvalue weighted by atomic mass is 32.1. The number of benzene rings is 2. The molecule has 0 unspecified atom stereocenters. The molecule has 4 rings (SSSR count). The Morgan fingerprint density at radius 3 is 2.55 bits per heavy atom. The molecular formula is C25H23FN6O5S. The van der Waals surface area contributed by atoms with Gasteiger partial charge in [0, 0.05) is 22.7 Å². The van der Waals surface area contributed by atoms with E-state index in [1.807, 2.05) is 0 Å². The molecule has 2 aromatic carbocycles. The summed E-state index contributed by atoms with van der Waals surface area (Å²) in [5.74, 6) is -4.14. The highest BCUT2D eigenvalue weighted by Crippen LogP contribution is 2.36. The summed E-state index contributed by atoms with van der Waals surface area (Å²) >= 11 is 0.593. The number of nitrogen functional groups attached to an aromatic ring is 1. The van der Waals surface area contributed by atoms with Crippen molar-refractivity contribution in [1.82, 2.24) is 14.7 Å². The molecule has 0 spiro atoms. The number of aromatic nitrogens is 2. The van der Waals surface area contributed by atoms with Crippen molar-refractivity contribution in [3.05, 3.63) is 76.7 Å². The fourth-order valence-corrected chi connectivity index (χ4v) is 4.68. The standard InChI is InChI=1S/C25H23FN6O5S/c1-2-37-18(33)12-30-24(35)21(14-11-29-16-9-5-3-7-13(14)16)32(17-10-6-4-8-15(17)26)25(36)22-19(27)20(23(28)34)31-38-22/h3-11,21,29H,2,12,27H2,1H3,(H2,28,34)(H,30,35)/t21-/m0/s1. The monoisotopic (exact) mass is 538 g/mol. The number of para-hydroxylation sites is 2. The van der Waals surface area contributed by atoms with Crippen molar-refractivity contribution in [2.75, 3.05) is 23.8 Å². The van der Waals surface area contributed by atoms with Gasteiger partial charge in [-0.25, -0.2) is 4.39 Å². The van der Waals surface area contributed by atoms with E-state index in [4.69, 9.17) is 16.2 Å². The van der Waals surface area contributed by atoms with Gasteiger partial charge in [0.1, 0.15) is 23.3 Å². The van der Waals surface area contributed by atoms with E-state index >= 15 is 4.39 Å². The maximum Gasteiger partial charge on any atom is 0.325 e. The van der Waals surface area contributed by atoms with Gasteiger partial charge in [-0.2, -0.15) is 4.37 Å². The second-order valence-electron chi connectivity index (χ2n) is 7.98. The molecule has 6 N–H and O–H groups in total. The van der Waals surface area contributed by atoms with Crippen molar-refractivity contribution in [1.29, 1.82) is 0 Å². The maximum atomic E-state index is 15.2. The second-order valence-corrected chi connectivity index (χ2v) is 8.75. The fraction of sp³-hybridized carbons (Fsp3) is 0.160. The smallest absolute Gasteiger partial charge is 0.325 e. The lowest BCUT2D eigenvalue weighted by atomic mass is 10.0. The number of carbonyl (C=O) groups is 4. The average molecular weight is 539 g/mol. The van der Waals surface area contributed by atoms with Gasteiger partial charge in [-0.1, -0.05) is 30.3 Å². The predicted octanol–water partition coefficient (Wildman–Crippen LogP) is 2.51. The Hall–Kier alpha value is -4.78. The predicted molar refractivity (Wildman–Crippen MR) is 139 cm³/mol. The van der Waals surface area contributed by atoms with Gasteiger partial charge in [0.05, 0.1) is 18.0 Å². The van der Waals surface area contributed by atoms with Gasteiger partial charge in [0.2, 0.25) is 5.91 Å². The van der Waals surface area contributed by atoms with Crippen molar-refractivity contribution >= 4 is 57.5 Å². The SMILES string of the molecule is CCOC(=O)CNC(=O)[C@H](c1c[nH]c2ccccc12)N(C(=O)c1snc(C(N)=O)c1N)c1ccccc1F. The zero-order valence-corrected chi connectivity index (χ0v) is 20.9. The van der Waals surface area contributed by atoms with Crippen LogP contribution in [-0.2, 0) is 14.3 Å². The van der Waals surface area contributed by atoms with E-state index in [9.17, 15) is 19.2 Å². The minimum atomic E-state index is -1.48. The Morgan fingerprint density at radius 2 is 1.87 bits per heavy atom. The molecule has 0 aliphatic rings. The summed E-state index contributed by atoms with van der Waals surface area (Å²) in [6, 6.07) is 10.9. The van der Waals surface area contributed by atoms with Gasteiger partial charge in [0.15, 0.2) is 5.69 Å². The Morgan fingerprint density at radius 1 is 1.16 bits per heavy atom. The summed E-state index contributed by atoms with van der Waals surface area (Å²) in [4.78, 5) is 55.1. The molecule has 0 fully saturated rings. The summed E-state index contributed by atoms with van der Waals surface area (Å²) in [5, 5.41) is 3.05. The molecule has 0 aliphatic carbocycles. The van der Waals surface area contributed by atoms with Crippen LogP contribution in [0.3, 0.4) is 0 Å². The average Bonchev–Trinajstić information content (AvgIpc) is 3.50. The van der Waals surface area contributed by atoms with E-state index in [1.54, 1.807) is 31.2 Å². The topological polar surface area (TPSA) is 174 Å². The van der Waals surface area contributed by atoms with Crippen LogP contribution in [0.1, 0.15) is 38.7 Å². The summed E-state index contributed by atoms with van der Waals surface area (Å²) in [6.45, 7) is 1.24. The van der Waals surface area contributed by atoms with Crippen LogP contribution >= 0.6 is 11.5 Å². The van der Waals surface area contributed by atoms with Crippen LogP contribution in [0.15, 0.2) is 54.7 Å². The van der Waals surface area contributed by atoms with Crippen LogP contribution in [0.5, 0.6) is 0 Å².